The molecule has 7 nitrogen and oxygen atoms in total. The summed E-state index contributed by atoms with van der Waals surface area (Å²) in [4.78, 5) is 21.8. The number of hydrogen-bond acceptors (Lipinski definition) is 5. The Morgan fingerprint density at radius 2 is 2.21 bits per heavy atom. The highest BCUT2D eigenvalue weighted by molar-refractivity contribution is 5.91. The molecular weight excluding hydrogens is 250 g/mol. The Hall–Kier alpha value is -1.99. The number of nitrogens with one attached hydrogen (secondary N) is 2. The second-order valence-electron chi connectivity index (χ2n) is 4.25. The average Bonchev–Trinajstić information content (AvgIpc) is 2.40. The zero-order chi connectivity index (χ0) is 13.7. The molecule has 1 heterocycles. The lowest BCUT2D eigenvalue weighted by molar-refractivity contribution is -0.384. The van der Waals surface area contributed by atoms with E-state index in [0.29, 0.717) is 18.8 Å². The minimum Gasteiger partial charge on any atom is -0.375 e. The van der Waals surface area contributed by atoms with E-state index < -0.39 is 4.92 Å². The van der Waals surface area contributed by atoms with Gasteiger partial charge in [0, 0.05) is 30.9 Å². The number of nitrogens with zero attached hydrogens (tertiary/aromatic N) is 1. The summed E-state index contributed by atoms with van der Waals surface area (Å²) in [5.74, 6) is -0.164. The van der Waals surface area contributed by atoms with Crippen molar-refractivity contribution >= 4 is 17.3 Å². The molecule has 2 rings (SSSR count). The number of amides is 1. The Kier molecular flexibility index (Phi) is 4.43. The van der Waals surface area contributed by atoms with Gasteiger partial charge in [-0.25, -0.2) is 0 Å². The second kappa shape index (κ2) is 6.26. The molecule has 0 radical (unpaired) electrons. The van der Waals surface area contributed by atoms with E-state index in [-0.39, 0.29) is 24.1 Å². The number of morpholine rings is 1. The predicted octanol–water partition coefficient (Wildman–Crippen LogP) is 0.912. The van der Waals surface area contributed by atoms with Crippen LogP contribution in [0.4, 0.5) is 11.4 Å². The zero-order valence-electron chi connectivity index (χ0n) is 10.3. The summed E-state index contributed by atoms with van der Waals surface area (Å²) < 4.78 is 5.42. The fourth-order valence-corrected chi connectivity index (χ4v) is 1.84. The van der Waals surface area contributed by atoms with Gasteiger partial charge >= 0.3 is 0 Å². The summed E-state index contributed by atoms with van der Waals surface area (Å²) >= 11 is 0. The number of rotatable bonds is 4. The minimum absolute atomic E-state index is 0.00203. The number of carbonyl (C=O) groups is 1. The highest BCUT2D eigenvalue weighted by Gasteiger charge is 2.17. The van der Waals surface area contributed by atoms with Crippen LogP contribution in [-0.2, 0) is 9.53 Å². The molecule has 2 N–H and O–H groups in total. The first-order valence-electron chi connectivity index (χ1n) is 6.02. The summed E-state index contributed by atoms with van der Waals surface area (Å²) in [6.07, 6.45) is 0.149. The first kappa shape index (κ1) is 13.4. The SMILES string of the molecule is O=C(CC1CNCCO1)Nc1ccc([N+](=O)[O-])cc1. The first-order chi connectivity index (χ1) is 9.15. The fourth-order valence-electron chi connectivity index (χ4n) is 1.84. The van der Waals surface area contributed by atoms with E-state index in [0.717, 1.165) is 6.54 Å². The molecule has 1 aromatic carbocycles. The average molecular weight is 265 g/mol. The van der Waals surface area contributed by atoms with E-state index in [9.17, 15) is 14.9 Å². The molecule has 7 heteroatoms. The van der Waals surface area contributed by atoms with Gasteiger partial charge in [-0.15, -0.1) is 0 Å². The molecule has 1 aliphatic heterocycles. The minimum atomic E-state index is -0.479. The van der Waals surface area contributed by atoms with Gasteiger partial charge in [-0.2, -0.15) is 0 Å². The molecule has 0 aliphatic carbocycles. The van der Waals surface area contributed by atoms with Gasteiger partial charge in [0.25, 0.3) is 5.69 Å². The van der Waals surface area contributed by atoms with Crippen molar-refractivity contribution < 1.29 is 14.5 Å². The summed E-state index contributed by atoms with van der Waals surface area (Å²) in [5.41, 5.74) is 0.539. The number of benzene rings is 1. The standard InChI is InChI=1S/C12H15N3O4/c16-12(7-11-8-13-5-6-19-11)14-9-1-3-10(4-2-9)15(17)18/h1-4,11,13H,5-8H2,(H,14,16). The summed E-state index contributed by atoms with van der Waals surface area (Å²) in [6, 6.07) is 5.73. The molecule has 0 aromatic heterocycles. The number of anilines is 1. The molecule has 1 saturated heterocycles. The quantitative estimate of drug-likeness (QED) is 0.623. The van der Waals surface area contributed by atoms with Crippen LogP contribution in [0.5, 0.6) is 0 Å². The monoisotopic (exact) mass is 265 g/mol. The molecule has 102 valence electrons. The van der Waals surface area contributed by atoms with Crippen LogP contribution >= 0.6 is 0 Å². The zero-order valence-corrected chi connectivity index (χ0v) is 10.3. The van der Waals surface area contributed by atoms with E-state index in [2.05, 4.69) is 10.6 Å². The van der Waals surface area contributed by atoms with Crippen LogP contribution < -0.4 is 10.6 Å². The molecular formula is C12H15N3O4. The van der Waals surface area contributed by atoms with Gasteiger partial charge in [0.2, 0.25) is 5.91 Å². The molecule has 19 heavy (non-hydrogen) atoms. The third-order valence-electron chi connectivity index (χ3n) is 2.78. The molecule has 1 unspecified atom stereocenters. The number of ether oxygens (including phenoxy) is 1. The van der Waals surface area contributed by atoms with Gasteiger partial charge in [0.05, 0.1) is 24.1 Å². The maximum absolute atomic E-state index is 11.7. The molecule has 0 bridgehead atoms. The van der Waals surface area contributed by atoms with Crippen molar-refractivity contribution in [1.82, 2.24) is 5.32 Å². The van der Waals surface area contributed by atoms with E-state index in [1.54, 1.807) is 0 Å². The lowest BCUT2D eigenvalue weighted by Gasteiger charge is -2.23. The molecule has 1 fully saturated rings. The number of nitro benzene ring substituents is 1. The van der Waals surface area contributed by atoms with Crippen molar-refractivity contribution in [3.63, 3.8) is 0 Å². The van der Waals surface area contributed by atoms with Crippen molar-refractivity contribution in [3.05, 3.63) is 34.4 Å². The Balaban J connectivity index is 1.85. The van der Waals surface area contributed by atoms with Gasteiger partial charge in [-0.05, 0) is 12.1 Å². The smallest absolute Gasteiger partial charge is 0.269 e. The Bertz CT molecular complexity index is 455. The molecule has 1 atom stereocenters. The number of nitro groups is 1. The maximum Gasteiger partial charge on any atom is 0.269 e. The van der Waals surface area contributed by atoms with Crippen LogP contribution in [0, 0.1) is 10.1 Å². The van der Waals surface area contributed by atoms with Gasteiger partial charge in [-0.3, -0.25) is 14.9 Å². The van der Waals surface area contributed by atoms with Gasteiger partial charge in [0.15, 0.2) is 0 Å². The first-order valence-corrected chi connectivity index (χ1v) is 6.02. The van der Waals surface area contributed by atoms with Crippen molar-refractivity contribution in [3.8, 4) is 0 Å². The van der Waals surface area contributed by atoms with Crippen LogP contribution in [0.25, 0.3) is 0 Å². The molecule has 1 amide bonds. The second-order valence-corrected chi connectivity index (χ2v) is 4.25. The predicted molar refractivity (Wildman–Crippen MR) is 69.0 cm³/mol. The third-order valence-corrected chi connectivity index (χ3v) is 2.78. The lowest BCUT2D eigenvalue weighted by Crippen LogP contribution is -2.40. The van der Waals surface area contributed by atoms with Crippen molar-refractivity contribution in [2.24, 2.45) is 0 Å². The van der Waals surface area contributed by atoms with Crippen LogP contribution in [-0.4, -0.2) is 36.6 Å². The summed E-state index contributed by atoms with van der Waals surface area (Å²) in [5, 5.41) is 16.3. The van der Waals surface area contributed by atoms with Crippen LogP contribution in [0.1, 0.15) is 6.42 Å². The molecule has 1 aliphatic rings. The molecule has 1 aromatic rings. The number of hydrogen-bond donors (Lipinski definition) is 2. The Labute approximate surface area is 110 Å². The third kappa shape index (κ3) is 4.01. The largest absolute Gasteiger partial charge is 0.375 e. The highest BCUT2D eigenvalue weighted by Crippen LogP contribution is 2.15. The van der Waals surface area contributed by atoms with Crippen LogP contribution in [0.15, 0.2) is 24.3 Å². The molecule has 0 spiro atoms. The van der Waals surface area contributed by atoms with Crippen molar-refractivity contribution in [2.75, 3.05) is 25.0 Å². The van der Waals surface area contributed by atoms with Crippen LogP contribution in [0.3, 0.4) is 0 Å². The topological polar surface area (TPSA) is 93.5 Å². The number of non-ortho nitro benzene ring substituents is 1. The highest BCUT2D eigenvalue weighted by atomic mass is 16.6. The van der Waals surface area contributed by atoms with Gasteiger partial charge < -0.3 is 15.4 Å². The molecule has 0 saturated carbocycles. The van der Waals surface area contributed by atoms with Crippen molar-refractivity contribution in [1.29, 1.82) is 0 Å². The van der Waals surface area contributed by atoms with Crippen LogP contribution in [0.2, 0.25) is 0 Å². The van der Waals surface area contributed by atoms with Gasteiger partial charge in [-0.1, -0.05) is 0 Å². The number of carbonyl (C=O) groups excluding carboxylic acids is 1. The van der Waals surface area contributed by atoms with E-state index in [1.165, 1.54) is 24.3 Å². The van der Waals surface area contributed by atoms with Crippen molar-refractivity contribution in [2.45, 2.75) is 12.5 Å². The maximum atomic E-state index is 11.7. The Morgan fingerprint density at radius 1 is 1.47 bits per heavy atom. The van der Waals surface area contributed by atoms with E-state index in [4.69, 9.17) is 4.74 Å². The Morgan fingerprint density at radius 3 is 2.79 bits per heavy atom. The lowest BCUT2D eigenvalue weighted by atomic mass is 10.2. The summed E-state index contributed by atoms with van der Waals surface area (Å²) in [6.45, 7) is 2.07. The summed E-state index contributed by atoms with van der Waals surface area (Å²) in [7, 11) is 0. The van der Waals surface area contributed by atoms with E-state index >= 15 is 0 Å². The van der Waals surface area contributed by atoms with Gasteiger partial charge in [0.1, 0.15) is 0 Å². The normalized spacial score (nSPS) is 18.8. The van der Waals surface area contributed by atoms with E-state index in [1.807, 2.05) is 0 Å². The fraction of sp³-hybridized carbons (Fsp3) is 0.417.